The minimum absolute atomic E-state index is 0.0624. The van der Waals surface area contributed by atoms with E-state index in [1.165, 1.54) is 0 Å². The summed E-state index contributed by atoms with van der Waals surface area (Å²) in [6.45, 7) is 2.34. The van der Waals surface area contributed by atoms with Crippen molar-refractivity contribution in [2.24, 2.45) is 5.92 Å². The predicted molar refractivity (Wildman–Crippen MR) is 95.8 cm³/mol. The summed E-state index contributed by atoms with van der Waals surface area (Å²) in [7, 11) is -3.51. The summed E-state index contributed by atoms with van der Waals surface area (Å²) < 4.78 is 32.6. The van der Waals surface area contributed by atoms with Crippen LogP contribution in [0.1, 0.15) is 38.5 Å². The number of hydrogen-bond acceptors (Lipinski definition) is 4. The third-order valence-electron chi connectivity index (χ3n) is 4.90. The lowest BCUT2D eigenvalue weighted by molar-refractivity contribution is -0.122. The predicted octanol–water partition coefficient (Wildman–Crippen LogP) is 2.62. The molecule has 0 radical (unpaired) electrons. The molecule has 7 heteroatoms. The number of carbonyl (C=O) groups is 1. The second-order valence-electron chi connectivity index (χ2n) is 6.72. The largest absolute Gasteiger partial charge is 0.381 e. The van der Waals surface area contributed by atoms with Crippen LogP contribution in [0.4, 0.5) is 5.69 Å². The second kappa shape index (κ2) is 8.29. The smallest absolute Gasteiger partial charge is 0.243 e. The van der Waals surface area contributed by atoms with E-state index >= 15 is 0 Å². The number of carbonyl (C=O) groups excluding carboxylic acids is 1. The zero-order valence-electron chi connectivity index (χ0n) is 14.4. The maximum atomic E-state index is 12.9. The summed E-state index contributed by atoms with van der Waals surface area (Å²) in [4.78, 5) is 12.6. The molecule has 25 heavy (non-hydrogen) atoms. The number of benzene rings is 1. The van der Waals surface area contributed by atoms with Crippen LogP contribution in [0.25, 0.3) is 0 Å². The molecule has 2 heterocycles. The molecule has 0 bridgehead atoms. The number of nitrogens with one attached hydrogen (secondary N) is 1. The highest BCUT2D eigenvalue weighted by atomic mass is 32.2. The van der Waals surface area contributed by atoms with Crippen LogP contribution in [0, 0.1) is 5.92 Å². The van der Waals surface area contributed by atoms with E-state index in [4.69, 9.17) is 4.74 Å². The molecule has 3 rings (SSSR count). The molecule has 0 aliphatic carbocycles. The normalized spacial score (nSPS) is 20.8. The zero-order chi connectivity index (χ0) is 17.7. The van der Waals surface area contributed by atoms with Crippen molar-refractivity contribution in [2.45, 2.75) is 43.4 Å². The number of amides is 1. The highest BCUT2D eigenvalue weighted by molar-refractivity contribution is 7.89. The van der Waals surface area contributed by atoms with Crippen LogP contribution in [-0.4, -0.2) is 44.9 Å². The minimum Gasteiger partial charge on any atom is -0.381 e. The van der Waals surface area contributed by atoms with Gasteiger partial charge in [0.15, 0.2) is 0 Å². The van der Waals surface area contributed by atoms with Crippen LogP contribution >= 0.6 is 0 Å². The van der Waals surface area contributed by atoms with Gasteiger partial charge in [0, 0.05) is 37.9 Å². The average Bonchev–Trinajstić information content (AvgIpc) is 2.93. The number of anilines is 1. The number of ether oxygens (including phenoxy) is 1. The molecule has 0 unspecified atom stereocenters. The Bertz CT molecular complexity index is 691. The van der Waals surface area contributed by atoms with Crippen LogP contribution in [-0.2, 0) is 19.6 Å². The van der Waals surface area contributed by atoms with Crippen molar-refractivity contribution in [1.29, 1.82) is 0 Å². The molecular weight excluding hydrogens is 340 g/mol. The molecule has 0 saturated carbocycles. The summed E-state index contributed by atoms with van der Waals surface area (Å²) in [5.74, 6) is -0.132. The van der Waals surface area contributed by atoms with Crippen LogP contribution in [0.2, 0.25) is 0 Å². The van der Waals surface area contributed by atoms with Crippen molar-refractivity contribution in [2.75, 3.05) is 31.6 Å². The van der Waals surface area contributed by atoms with Gasteiger partial charge in [-0.2, -0.15) is 4.31 Å². The fourth-order valence-electron chi connectivity index (χ4n) is 3.37. The van der Waals surface area contributed by atoms with Gasteiger partial charge in [-0.3, -0.25) is 4.79 Å². The first-order chi connectivity index (χ1) is 12.1. The van der Waals surface area contributed by atoms with Gasteiger partial charge in [0.2, 0.25) is 15.9 Å². The van der Waals surface area contributed by atoms with Crippen LogP contribution < -0.4 is 5.32 Å². The Morgan fingerprint density at radius 1 is 1.08 bits per heavy atom. The molecule has 6 nitrogen and oxygen atoms in total. The molecule has 1 amide bonds. The van der Waals surface area contributed by atoms with Crippen molar-refractivity contribution < 1.29 is 17.9 Å². The lowest BCUT2D eigenvalue weighted by Gasteiger charge is -2.22. The van der Waals surface area contributed by atoms with Crippen molar-refractivity contribution in [3.8, 4) is 0 Å². The van der Waals surface area contributed by atoms with Gasteiger partial charge in [-0.25, -0.2) is 8.42 Å². The van der Waals surface area contributed by atoms with Crippen LogP contribution in [0.15, 0.2) is 29.2 Å². The summed E-state index contributed by atoms with van der Waals surface area (Å²) in [5, 5.41) is 2.86. The SMILES string of the molecule is O=C(Nc1cccc(S(=O)(=O)N2CCCCCC2)c1)C1CCOCC1. The Hall–Kier alpha value is -1.44. The summed E-state index contributed by atoms with van der Waals surface area (Å²) in [6.07, 6.45) is 5.37. The lowest BCUT2D eigenvalue weighted by atomic mass is 9.99. The Kier molecular flexibility index (Phi) is 6.09. The Morgan fingerprint density at radius 2 is 1.76 bits per heavy atom. The quantitative estimate of drug-likeness (QED) is 0.889. The molecular formula is C18H26N2O4S. The first-order valence-corrected chi connectivity index (χ1v) is 10.5. The fourth-order valence-corrected chi connectivity index (χ4v) is 4.93. The highest BCUT2D eigenvalue weighted by Gasteiger charge is 2.26. The molecule has 1 N–H and O–H groups in total. The molecule has 2 saturated heterocycles. The monoisotopic (exact) mass is 366 g/mol. The van der Waals surface area contributed by atoms with Gasteiger partial charge in [0.1, 0.15) is 0 Å². The average molecular weight is 366 g/mol. The van der Waals surface area contributed by atoms with Crippen molar-refractivity contribution in [1.82, 2.24) is 4.31 Å². The van der Waals surface area contributed by atoms with E-state index < -0.39 is 10.0 Å². The molecule has 0 spiro atoms. The van der Waals surface area contributed by atoms with E-state index in [-0.39, 0.29) is 16.7 Å². The van der Waals surface area contributed by atoms with Crippen molar-refractivity contribution in [3.05, 3.63) is 24.3 Å². The molecule has 2 aliphatic rings. The third-order valence-corrected chi connectivity index (χ3v) is 6.79. The van der Waals surface area contributed by atoms with Gasteiger partial charge in [0.05, 0.1) is 4.90 Å². The van der Waals surface area contributed by atoms with E-state index in [9.17, 15) is 13.2 Å². The van der Waals surface area contributed by atoms with Crippen molar-refractivity contribution >= 4 is 21.6 Å². The van der Waals surface area contributed by atoms with Crippen molar-refractivity contribution in [3.63, 3.8) is 0 Å². The third kappa shape index (κ3) is 4.59. The number of nitrogens with zero attached hydrogens (tertiary/aromatic N) is 1. The standard InChI is InChI=1S/C18H26N2O4S/c21-18(15-8-12-24-13-9-15)19-16-6-5-7-17(14-16)25(22,23)20-10-3-1-2-4-11-20/h5-7,14-15H,1-4,8-13H2,(H,19,21). The number of rotatable bonds is 4. The van der Waals surface area contributed by atoms with Gasteiger partial charge < -0.3 is 10.1 Å². The number of hydrogen-bond donors (Lipinski definition) is 1. The summed E-state index contributed by atoms with van der Waals surface area (Å²) in [6, 6.07) is 6.59. The second-order valence-corrected chi connectivity index (χ2v) is 8.66. The maximum Gasteiger partial charge on any atom is 0.243 e. The molecule has 1 aromatic rings. The molecule has 2 aliphatic heterocycles. The first kappa shape index (κ1) is 18.4. The summed E-state index contributed by atoms with van der Waals surface area (Å²) >= 11 is 0. The Labute approximate surface area is 149 Å². The number of sulfonamides is 1. The van der Waals surface area contributed by atoms with Gasteiger partial charge in [-0.05, 0) is 43.9 Å². The van der Waals surface area contributed by atoms with Crippen LogP contribution in [0.5, 0.6) is 0 Å². The van der Waals surface area contributed by atoms with E-state index in [1.54, 1.807) is 28.6 Å². The Balaban J connectivity index is 1.72. The first-order valence-electron chi connectivity index (χ1n) is 9.06. The minimum atomic E-state index is -3.51. The van der Waals surface area contributed by atoms with Gasteiger partial charge in [-0.1, -0.05) is 18.9 Å². The summed E-state index contributed by atoms with van der Waals surface area (Å²) in [5.41, 5.74) is 0.535. The Morgan fingerprint density at radius 3 is 2.44 bits per heavy atom. The molecule has 138 valence electrons. The van der Waals surface area contributed by atoms with E-state index in [0.29, 0.717) is 44.8 Å². The fraction of sp³-hybridized carbons (Fsp3) is 0.611. The van der Waals surface area contributed by atoms with E-state index in [1.807, 2.05) is 0 Å². The van der Waals surface area contributed by atoms with Gasteiger partial charge in [-0.15, -0.1) is 0 Å². The maximum absolute atomic E-state index is 12.9. The molecule has 0 aromatic heterocycles. The lowest BCUT2D eigenvalue weighted by Crippen LogP contribution is -2.32. The van der Waals surface area contributed by atoms with Gasteiger partial charge in [0.25, 0.3) is 0 Å². The molecule has 2 fully saturated rings. The van der Waals surface area contributed by atoms with E-state index in [0.717, 1.165) is 25.7 Å². The zero-order valence-corrected chi connectivity index (χ0v) is 15.3. The topological polar surface area (TPSA) is 75.7 Å². The van der Waals surface area contributed by atoms with Crippen LogP contribution in [0.3, 0.4) is 0 Å². The highest BCUT2D eigenvalue weighted by Crippen LogP contribution is 2.24. The molecule has 1 aromatic carbocycles. The van der Waals surface area contributed by atoms with Gasteiger partial charge >= 0.3 is 0 Å². The van der Waals surface area contributed by atoms with E-state index in [2.05, 4.69) is 5.32 Å². The molecule has 0 atom stereocenters.